The number of aromatic nitrogens is 4. The van der Waals surface area contributed by atoms with Gasteiger partial charge in [0.2, 0.25) is 0 Å². The molecule has 1 atom stereocenters. The molecule has 4 aromatic rings. The molecule has 1 unspecified atom stereocenters. The van der Waals surface area contributed by atoms with Crippen molar-refractivity contribution >= 4 is 6.08 Å². The number of allylic oxidation sites excluding steroid dienone is 1. The van der Waals surface area contributed by atoms with Gasteiger partial charge in [-0.1, -0.05) is 48.6 Å². The van der Waals surface area contributed by atoms with Crippen molar-refractivity contribution in [2.45, 2.75) is 11.8 Å². The Morgan fingerprint density at radius 1 is 0.964 bits per heavy atom. The summed E-state index contributed by atoms with van der Waals surface area (Å²) in [6.45, 7) is 0. The molecule has 0 amide bonds. The standard InChI is InChI=1S/C22H16F2N4/c23-17-7-6-15(12-18(17)24)22(14-4-2-1-3-5-14)9-8-16-19(13-22)27-28-20(16)21-25-10-11-26-21/h1-12H,13H2,(H,25,26)(H,27,28). The molecule has 1 aliphatic rings. The molecule has 2 aromatic heterocycles. The third kappa shape index (κ3) is 2.49. The Bertz CT molecular complexity index is 1160. The molecule has 0 fully saturated rings. The Kier molecular flexibility index (Phi) is 3.72. The van der Waals surface area contributed by atoms with Gasteiger partial charge in [0.1, 0.15) is 5.69 Å². The zero-order valence-electron chi connectivity index (χ0n) is 14.8. The predicted molar refractivity (Wildman–Crippen MR) is 102 cm³/mol. The van der Waals surface area contributed by atoms with Gasteiger partial charge in [0.15, 0.2) is 17.5 Å². The third-order valence-corrected chi connectivity index (χ3v) is 5.32. The first-order chi connectivity index (χ1) is 13.7. The Labute approximate surface area is 160 Å². The summed E-state index contributed by atoms with van der Waals surface area (Å²) in [6, 6.07) is 13.9. The highest BCUT2D eigenvalue weighted by molar-refractivity contribution is 5.73. The van der Waals surface area contributed by atoms with Crippen LogP contribution in [-0.2, 0) is 11.8 Å². The lowest BCUT2D eigenvalue weighted by molar-refractivity contribution is 0.502. The molecule has 0 spiro atoms. The first kappa shape index (κ1) is 16.6. The van der Waals surface area contributed by atoms with Crippen molar-refractivity contribution in [3.05, 3.63) is 101 Å². The average molecular weight is 374 g/mol. The van der Waals surface area contributed by atoms with Gasteiger partial charge in [0.25, 0.3) is 0 Å². The van der Waals surface area contributed by atoms with Gasteiger partial charge in [-0.3, -0.25) is 5.10 Å². The summed E-state index contributed by atoms with van der Waals surface area (Å²) in [7, 11) is 0. The van der Waals surface area contributed by atoms with Crippen LogP contribution in [0, 0.1) is 11.6 Å². The van der Waals surface area contributed by atoms with E-state index in [1.165, 1.54) is 12.1 Å². The van der Waals surface area contributed by atoms with Gasteiger partial charge in [0, 0.05) is 35.5 Å². The van der Waals surface area contributed by atoms with E-state index in [0.29, 0.717) is 17.8 Å². The summed E-state index contributed by atoms with van der Waals surface area (Å²) in [4.78, 5) is 7.35. The van der Waals surface area contributed by atoms with Gasteiger partial charge in [-0.2, -0.15) is 5.10 Å². The number of nitrogens with zero attached hydrogens (tertiary/aromatic N) is 2. The quantitative estimate of drug-likeness (QED) is 0.549. The zero-order valence-corrected chi connectivity index (χ0v) is 14.8. The van der Waals surface area contributed by atoms with Crippen LogP contribution in [0.2, 0.25) is 0 Å². The molecule has 5 rings (SSSR count). The minimum absolute atomic E-state index is 0.543. The van der Waals surface area contributed by atoms with Gasteiger partial charge in [-0.05, 0) is 23.3 Å². The molecular weight excluding hydrogens is 358 g/mol. The first-order valence-corrected chi connectivity index (χ1v) is 8.95. The Morgan fingerprint density at radius 2 is 1.82 bits per heavy atom. The predicted octanol–water partition coefficient (Wildman–Crippen LogP) is 4.63. The minimum atomic E-state index is -0.854. The molecule has 0 saturated heterocycles. The molecule has 2 N–H and O–H groups in total. The number of rotatable bonds is 3. The number of imidazole rings is 1. The van der Waals surface area contributed by atoms with Crippen molar-refractivity contribution in [3.8, 4) is 11.5 Å². The Balaban J connectivity index is 1.68. The molecule has 2 aromatic carbocycles. The van der Waals surface area contributed by atoms with Crippen LogP contribution in [-0.4, -0.2) is 20.2 Å². The van der Waals surface area contributed by atoms with E-state index in [1.54, 1.807) is 18.5 Å². The summed E-state index contributed by atoms with van der Waals surface area (Å²) in [5, 5.41) is 7.53. The SMILES string of the molecule is Fc1ccc(C2(c3ccccc3)C=Cc3c(-c4ncc[nH]4)n[nH]c3C2)cc1F. The van der Waals surface area contributed by atoms with Crippen LogP contribution >= 0.6 is 0 Å². The number of halogens is 2. The number of hydrogen-bond donors (Lipinski definition) is 2. The summed E-state index contributed by atoms with van der Waals surface area (Å²) in [5.74, 6) is -1.02. The highest BCUT2D eigenvalue weighted by Crippen LogP contribution is 2.42. The van der Waals surface area contributed by atoms with Gasteiger partial charge in [-0.15, -0.1) is 0 Å². The molecule has 4 nitrogen and oxygen atoms in total. The van der Waals surface area contributed by atoms with Crippen LogP contribution in [0.3, 0.4) is 0 Å². The molecular formula is C22H16F2N4. The van der Waals surface area contributed by atoms with Crippen LogP contribution < -0.4 is 0 Å². The van der Waals surface area contributed by atoms with Gasteiger partial charge in [-0.25, -0.2) is 13.8 Å². The highest BCUT2D eigenvalue weighted by Gasteiger charge is 2.37. The van der Waals surface area contributed by atoms with E-state index in [2.05, 4.69) is 20.2 Å². The fourth-order valence-corrected chi connectivity index (χ4v) is 3.91. The minimum Gasteiger partial charge on any atom is -0.343 e. The summed E-state index contributed by atoms with van der Waals surface area (Å²) >= 11 is 0. The lowest BCUT2D eigenvalue weighted by atomic mass is 9.68. The number of nitrogens with one attached hydrogen (secondary N) is 2. The summed E-state index contributed by atoms with van der Waals surface area (Å²) in [6.07, 6.45) is 7.99. The van der Waals surface area contributed by atoms with E-state index in [9.17, 15) is 8.78 Å². The highest BCUT2D eigenvalue weighted by atomic mass is 19.2. The Morgan fingerprint density at radius 3 is 2.57 bits per heavy atom. The van der Waals surface area contributed by atoms with Gasteiger partial charge < -0.3 is 4.98 Å². The fourth-order valence-electron chi connectivity index (χ4n) is 3.91. The lowest BCUT2D eigenvalue weighted by Crippen LogP contribution is -2.30. The van der Waals surface area contributed by atoms with Gasteiger partial charge in [0.05, 0.1) is 0 Å². The largest absolute Gasteiger partial charge is 0.343 e. The van der Waals surface area contributed by atoms with E-state index in [-0.39, 0.29) is 0 Å². The van der Waals surface area contributed by atoms with Crippen molar-refractivity contribution in [1.82, 2.24) is 20.2 Å². The van der Waals surface area contributed by atoms with Crippen molar-refractivity contribution in [1.29, 1.82) is 0 Å². The van der Waals surface area contributed by atoms with Crippen LogP contribution in [0.4, 0.5) is 8.78 Å². The van der Waals surface area contributed by atoms with Crippen LogP contribution in [0.25, 0.3) is 17.6 Å². The van der Waals surface area contributed by atoms with Crippen molar-refractivity contribution in [2.24, 2.45) is 0 Å². The maximum Gasteiger partial charge on any atom is 0.159 e. The molecule has 6 heteroatoms. The Hall–Kier alpha value is -3.54. The van der Waals surface area contributed by atoms with Crippen LogP contribution in [0.5, 0.6) is 0 Å². The maximum atomic E-state index is 14.1. The van der Waals surface area contributed by atoms with E-state index >= 15 is 0 Å². The molecule has 28 heavy (non-hydrogen) atoms. The average Bonchev–Trinajstić information content (AvgIpc) is 3.39. The molecule has 0 aliphatic heterocycles. The number of H-pyrrole nitrogens is 2. The van der Waals surface area contributed by atoms with E-state index in [1.807, 2.05) is 42.5 Å². The van der Waals surface area contributed by atoms with E-state index in [0.717, 1.165) is 22.5 Å². The molecule has 138 valence electrons. The monoisotopic (exact) mass is 374 g/mol. The normalized spacial score (nSPS) is 18.2. The summed E-state index contributed by atoms with van der Waals surface area (Å²) in [5.41, 5.74) is 3.66. The fraction of sp³-hybridized carbons (Fsp3) is 0.0909. The number of fused-ring (bicyclic) bond motifs is 1. The molecule has 2 heterocycles. The number of hydrogen-bond acceptors (Lipinski definition) is 2. The lowest BCUT2D eigenvalue weighted by Gasteiger charge is -2.34. The van der Waals surface area contributed by atoms with Crippen molar-refractivity contribution < 1.29 is 8.78 Å². The van der Waals surface area contributed by atoms with Gasteiger partial charge >= 0.3 is 0 Å². The summed E-state index contributed by atoms with van der Waals surface area (Å²) < 4.78 is 27.6. The third-order valence-electron chi connectivity index (χ3n) is 5.32. The number of aromatic amines is 2. The van der Waals surface area contributed by atoms with Crippen LogP contribution in [0.1, 0.15) is 22.4 Å². The van der Waals surface area contributed by atoms with Crippen LogP contribution in [0.15, 0.2) is 67.0 Å². The maximum absolute atomic E-state index is 14.1. The van der Waals surface area contributed by atoms with Crippen molar-refractivity contribution in [3.63, 3.8) is 0 Å². The second-order valence-electron chi connectivity index (χ2n) is 6.88. The second kappa shape index (κ2) is 6.27. The zero-order chi connectivity index (χ0) is 19.1. The molecule has 0 saturated carbocycles. The molecule has 1 aliphatic carbocycles. The van der Waals surface area contributed by atoms with E-state index < -0.39 is 17.0 Å². The van der Waals surface area contributed by atoms with E-state index in [4.69, 9.17) is 0 Å². The topological polar surface area (TPSA) is 57.4 Å². The number of benzene rings is 2. The first-order valence-electron chi connectivity index (χ1n) is 8.95. The van der Waals surface area contributed by atoms with Crippen molar-refractivity contribution in [2.75, 3.05) is 0 Å². The second-order valence-corrected chi connectivity index (χ2v) is 6.88. The smallest absolute Gasteiger partial charge is 0.159 e. The molecule has 0 radical (unpaired) electrons. The molecule has 0 bridgehead atoms.